The van der Waals surface area contributed by atoms with Gasteiger partial charge in [-0.3, -0.25) is 14.5 Å². The summed E-state index contributed by atoms with van der Waals surface area (Å²) in [5, 5.41) is 2.74. The van der Waals surface area contributed by atoms with Gasteiger partial charge in [0.05, 0.1) is 37.7 Å². The third-order valence-electron chi connectivity index (χ3n) is 6.25. The summed E-state index contributed by atoms with van der Waals surface area (Å²) in [7, 11) is 0. The van der Waals surface area contributed by atoms with Crippen LogP contribution in [0.15, 0.2) is 36.4 Å². The Bertz CT molecular complexity index is 1120. The highest BCUT2D eigenvalue weighted by molar-refractivity contribution is 5.99. The largest absolute Gasteiger partial charge is 0.442 e. The maximum atomic E-state index is 14.7. The molecule has 0 aromatic heterocycles. The lowest BCUT2D eigenvalue weighted by molar-refractivity contribution is -0.121. The highest BCUT2D eigenvalue weighted by atomic mass is 19.1. The van der Waals surface area contributed by atoms with E-state index in [1.807, 2.05) is 30.9 Å². The highest BCUT2D eigenvalue weighted by Crippen LogP contribution is 2.35. The summed E-state index contributed by atoms with van der Waals surface area (Å²) >= 11 is 0. The SMILES string of the molecule is Cc1ccc(C(=O)CCC(=O)NC[C@H]2CN(c3cccc(F)c3N3CCOCC3)C(=O)O2)c(C)c1. The van der Waals surface area contributed by atoms with Gasteiger partial charge in [0.2, 0.25) is 5.91 Å². The van der Waals surface area contributed by atoms with E-state index in [4.69, 9.17) is 9.47 Å². The minimum atomic E-state index is -0.589. The number of cyclic esters (lactones) is 1. The Balaban J connectivity index is 1.32. The third-order valence-corrected chi connectivity index (χ3v) is 6.25. The summed E-state index contributed by atoms with van der Waals surface area (Å²) in [6, 6.07) is 10.2. The van der Waals surface area contributed by atoms with E-state index < -0.39 is 18.0 Å². The second-order valence-corrected chi connectivity index (χ2v) is 8.87. The molecule has 2 amide bonds. The predicted molar refractivity (Wildman–Crippen MR) is 130 cm³/mol. The number of morpholine rings is 1. The number of hydrogen-bond donors (Lipinski definition) is 1. The summed E-state index contributed by atoms with van der Waals surface area (Å²) < 4.78 is 25.5. The summed E-state index contributed by atoms with van der Waals surface area (Å²) in [5.74, 6) is -0.794. The topological polar surface area (TPSA) is 88.2 Å². The number of rotatable bonds is 8. The lowest BCUT2D eigenvalue weighted by Crippen LogP contribution is -2.39. The molecule has 8 nitrogen and oxygen atoms in total. The van der Waals surface area contributed by atoms with Crippen LogP contribution in [0.25, 0.3) is 0 Å². The number of hydrogen-bond acceptors (Lipinski definition) is 6. The van der Waals surface area contributed by atoms with Crippen molar-refractivity contribution in [3.63, 3.8) is 0 Å². The maximum Gasteiger partial charge on any atom is 0.414 e. The molecule has 0 aliphatic carbocycles. The molecule has 186 valence electrons. The number of benzene rings is 2. The molecule has 2 aliphatic rings. The zero-order chi connectivity index (χ0) is 24.9. The number of ether oxygens (including phenoxy) is 2. The van der Waals surface area contributed by atoms with Crippen molar-refractivity contribution in [3.05, 3.63) is 58.9 Å². The lowest BCUT2D eigenvalue weighted by Gasteiger charge is -2.32. The van der Waals surface area contributed by atoms with Crippen LogP contribution in [0.2, 0.25) is 0 Å². The first-order valence-electron chi connectivity index (χ1n) is 11.8. The van der Waals surface area contributed by atoms with Crippen molar-refractivity contribution in [2.24, 2.45) is 0 Å². The minimum absolute atomic E-state index is 0.0433. The average Bonchev–Trinajstić information content (AvgIpc) is 3.22. The zero-order valence-corrected chi connectivity index (χ0v) is 20.0. The molecule has 0 bridgehead atoms. The van der Waals surface area contributed by atoms with E-state index in [9.17, 15) is 18.8 Å². The molecular weight excluding hydrogens is 453 g/mol. The number of nitrogens with one attached hydrogen (secondary N) is 1. The van der Waals surface area contributed by atoms with Crippen LogP contribution < -0.4 is 15.1 Å². The van der Waals surface area contributed by atoms with Crippen molar-refractivity contribution in [3.8, 4) is 0 Å². The van der Waals surface area contributed by atoms with E-state index in [0.717, 1.165) is 11.1 Å². The molecule has 0 radical (unpaired) electrons. The van der Waals surface area contributed by atoms with Crippen molar-refractivity contribution in [1.29, 1.82) is 0 Å². The molecule has 2 aromatic carbocycles. The van der Waals surface area contributed by atoms with Gasteiger partial charge in [-0.15, -0.1) is 0 Å². The fourth-order valence-electron chi connectivity index (χ4n) is 4.45. The first-order valence-corrected chi connectivity index (χ1v) is 11.8. The number of ketones is 1. The number of para-hydroxylation sites is 1. The lowest BCUT2D eigenvalue weighted by atomic mass is 9.99. The third kappa shape index (κ3) is 5.79. The summed E-state index contributed by atoms with van der Waals surface area (Å²) in [5.41, 5.74) is 3.37. The van der Waals surface area contributed by atoms with Gasteiger partial charge in [0.25, 0.3) is 0 Å². The highest BCUT2D eigenvalue weighted by Gasteiger charge is 2.35. The van der Waals surface area contributed by atoms with E-state index in [0.29, 0.717) is 43.2 Å². The van der Waals surface area contributed by atoms with E-state index >= 15 is 0 Å². The Labute approximate surface area is 204 Å². The molecule has 4 rings (SSSR count). The summed E-state index contributed by atoms with van der Waals surface area (Å²) in [4.78, 5) is 40.6. The van der Waals surface area contributed by atoms with Crippen molar-refractivity contribution >= 4 is 29.2 Å². The second-order valence-electron chi connectivity index (χ2n) is 8.87. The van der Waals surface area contributed by atoms with Gasteiger partial charge in [-0.1, -0.05) is 29.8 Å². The van der Waals surface area contributed by atoms with Gasteiger partial charge >= 0.3 is 6.09 Å². The minimum Gasteiger partial charge on any atom is -0.442 e. The van der Waals surface area contributed by atoms with Gasteiger partial charge in [0.1, 0.15) is 11.9 Å². The monoisotopic (exact) mass is 483 g/mol. The standard InChI is InChI=1S/C26H30FN3O5/c1-17-6-7-20(18(2)14-17)23(31)8-9-24(32)28-15-19-16-30(26(33)35-19)22-5-3-4-21(27)25(22)29-10-12-34-13-11-29/h3-7,14,19H,8-13,15-16H2,1-2H3,(H,28,32)/t19-/m0/s1. The van der Waals surface area contributed by atoms with E-state index in [1.165, 1.54) is 11.0 Å². The smallest absolute Gasteiger partial charge is 0.414 e. The molecule has 1 N–H and O–H groups in total. The quantitative estimate of drug-likeness (QED) is 0.579. The Kier molecular flexibility index (Phi) is 7.65. The number of carbonyl (C=O) groups excluding carboxylic acids is 3. The average molecular weight is 484 g/mol. The van der Waals surface area contributed by atoms with Crippen LogP contribution in [0, 0.1) is 19.7 Å². The number of Topliss-reactive ketones (excluding diaryl/α,β-unsaturated/α-hetero) is 1. The maximum absolute atomic E-state index is 14.7. The molecule has 35 heavy (non-hydrogen) atoms. The van der Waals surface area contributed by atoms with Crippen molar-refractivity contribution in [2.45, 2.75) is 32.8 Å². The molecule has 0 unspecified atom stereocenters. The predicted octanol–water partition coefficient (Wildman–Crippen LogP) is 3.38. The fraction of sp³-hybridized carbons (Fsp3) is 0.423. The Hall–Kier alpha value is -3.46. The number of anilines is 2. The normalized spacial score (nSPS) is 17.9. The Morgan fingerprint density at radius 2 is 1.89 bits per heavy atom. The molecule has 0 spiro atoms. The van der Waals surface area contributed by atoms with Crippen LogP contribution >= 0.6 is 0 Å². The van der Waals surface area contributed by atoms with Crippen LogP contribution in [0.4, 0.5) is 20.6 Å². The molecular formula is C26H30FN3O5. The number of halogens is 1. The molecule has 2 heterocycles. The van der Waals surface area contributed by atoms with Gasteiger partial charge in [-0.2, -0.15) is 0 Å². The van der Waals surface area contributed by atoms with E-state index in [2.05, 4.69) is 5.32 Å². The van der Waals surface area contributed by atoms with Crippen LogP contribution in [0.1, 0.15) is 34.3 Å². The number of carbonyl (C=O) groups is 3. The van der Waals surface area contributed by atoms with Gasteiger partial charge in [0.15, 0.2) is 5.78 Å². The van der Waals surface area contributed by atoms with Gasteiger partial charge < -0.3 is 19.7 Å². The zero-order valence-electron chi connectivity index (χ0n) is 20.0. The molecule has 2 saturated heterocycles. The Morgan fingerprint density at radius 3 is 2.63 bits per heavy atom. The van der Waals surface area contributed by atoms with Crippen LogP contribution in [0.5, 0.6) is 0 Å². The van der Waals surface area contributed by atoms with Crippen molar-refractivity contribution < 1.29 is 28.2 Å². The number of aryl methyl sites for hydroxylation is 2. The van der Waals surface area contributed by atoms with E-state index in [1.54, 1.807) is 18.2 Å². The molecule has 1 atom stereocenters. The first kappa shape index (κ1) is 24.7. The molecule has 2 aromatic rings. The van der Waals surface area contributed by atoms with Crippen LogP contribution in [-0.4, -0.2) is 63.3 Å². The van der Waals surface area contributed by atoms with Crippen molar-refractivity contribution in [2.75, 3.05) is 49.2 Å². The number of nitrogens with zero attached hydrogens (tertiary/aromatic N) is 2. The van der Waals surface area contributed by atoms with E-state index in [-0.39, 0.29) is 37.6 Å². The molecule has 9 heteroatoms. The molecule has 0 saturated carbocycles. The Morgan fingerprint density at radius 1 is 1.11 bits per heavy atom. The first-order chi connectivity index (χ1) is 16.8. The van der Waals surface area contributed by atoms with Gasteiger partial charge in [-0.25, -0.2) is 9.18 Å². The van der Waals surface area contributed by atoms with Crippen LogP contribution in [0.3, 0.4) is 0 Å². The van der Waals surface area contributed by atoms with Crippen molar-refractivity contribution in [1.82, 2.24) is 5.32 Å². The molecule has 2 fully saturated rings. The molecule has 2 aliphatic heterocycles. The van der Waals surface area contributed by atoms with Gasteiger partial charge in [-0.05, 0) is 31.5 Å². The fourth-order valence-corrected chi connectivity index (χ4v) is 4.45. The second kappa shape index (κ2) is 10.9. The van der Waals surface area contributed by atoms with Gasteiger partial charge in [0, 0.05) is 31.5 Å². The summed E-state index contributed by atoms with van der Waals surface area (Å²) in [6.45, 7) is 6.15. The summed E-state index contributed by atoms with van der Waals surface area (Å²) in [6.07, 6.45) is -1.03. The number of amides is 2. The van der Waals surface area contributed by atoms with Crippen LogP contribution in [-0.2, 0) is 14.3 Å².